The van der Waals surface area contributed by atoms with E-state index in [4.69, 9.17) is 4.74 Å². The normalized spacial score (nSPS) is 57.2. The molecule has 4 fully saturated rings. The number of carbonyl (C=O) groups excluding carboxylic acids is 1. The van der Waals surface area contributed by atoms with Crippen molar-refractivity contribution in [3.8, 4) is 0 Å². The number of hydrogen-bond acceptors (Lipinski definition) is 6. The molecule has 0 aliphatic heterocycles. The predicted molar refractivity (Wildman–Crippen MR) is 141 cm³/mol. The van der Waals surface area contributed by atoms with Gasteiger partial charge in [-0.15, -0.1) is 0 Å². The topological polar surface area (TPSA) is 107 Å². The van der Waals surface area contributed by atoms with Crippen molar-refractivity contribution < 1.29 is 30.0 Å². The molecule has 0 radical (unpaired) electrons. The maximum Gasteiger partial charge on any atom is 0.312 e. The highest BCUT2D eigenvalue weighted by atomic mass is 16.5. The van der Waals surface area contributed by atoms with Gasteiger partial charge in [-0.25, -0.2) is 0 Å². The first-order valence-electron chi connectivity index (χ1n) is 14.6. The monoisotopic (exact) mass is 518 g/mol. The number of esters is 1. The molecule has 6 heteroatoms. The molecule has 0 unspecified atom stereocenters. The Morgan fingerprint density at radius 1 is 1.03 bits per heavy atom. The van der Waals surface area contributed by atoms with Crippen LogP contribution in [0.4, 0.5) is 0 Å². The van der Waals surface area contributed by atoms with E-state index in [1.165, 1.54) is 12.7 Å². The first-order chi connectivity index (χ1) is 17.2. The number of ether oxygens (including phenoxy) is 1. The first-order valence-corrected chi connectivity index (χ1v) is 14.6. The van der Waals surface area contributed by atoms with Gasteiger partial charge in [0.05, 0.1) is 37.4 Å². The van der Waals surface area contributed by atoms with Crippen LogP contribution in [0.15, 0.2) is 11.6 Å². The van der Waals surface area contributed by atoms with Gasteiger partial charge in [0.2, 0.25) is 0 Å². The van der Waals surface area contributed by atoms with Crippen LogP contribution >= 0.6 is 0 Å². The minimum absolute atomic E-state index is 0.0646. The summed E-state index contributed by atoms with van der Waals surface area (Å²) in [5.74, 6) is 0.814. The molecule has 0 bridgehead atoms. The second-order valence-electron chi connectivity index (χ2n) is 14.8. The predicted octanol–water partition coefficient (Wildman–Crippen LogP) is 4.09. The maximum absolute atomic E-state index is 13.4. The lowest BCUT2D eigenvalue weighted by atomic mass is 9.32. The van der Waals surface area contributed by atoms with Crippen LogP contribution in [-0.2, 0) is 9.53 Å². The number of carbonyl (C=O) groups is 1. The third-order valence-corrected chi connectivity index (χ3v) is 13.6. The molecule has 37 heavy (non-hydrogen) atoms. The van der Waals surface area contributed by atoms with E-state index in [0.29, 0.717) is 24.7 Å². The smallest absolute Gasteiger partial charge is 0.312 e. The van der Waals surface area contributed by atoms with E-state index in [2.05, 4.69) is 40.7 Å². The van der Waals surface area contributed by atoms with E-state index in [1.54, 1.807) is 0 Å². The molecule has 210 valence electrons. The van der Waals surface area contributed by atoms with E-state index in [0.717, 1.165) is 32.1 Å². The number of hydrogen-bond donors (Lipinski definition) is 4. The van der Waals surface area contributed by atoms with Crippen LogP contribution < -0.4 is 0 Å². The molecule has 0 amide bonds. The lowest BCUT2D eigenvalue weighted by Crippen LogP contribution is -2.71. The molecule has 4 saturated carbocycles. The maximum atomic E-state index is 13.4. The lowest BCUT2D eigenvalue weighted by molar-refractivity contribution is -0.273. The van der Waals surface area contributed by atoms with Crippen LogP contribution in [0.1, 0.15) is 86.5 Å². The minimum Gasteiger partial charge on any atom is -0.469 e. The zero-order valence-electron chi connectivity index (χ0n) is 24.0. The molecule has 4 N–H and O–H groups in total. The summed E-state index contributed by atoms with van der Waals surface area (Å²) in [7, 11) is 1.52. The Bertz CT molecular complexity index is 979. The van der Waals surface area contributed by atoms with Gasteiger partial charge in [-0.1, -0.05) is 53.2 Å². The fraction of sp³-hybridized carbons (Fsp3) is 0.903. The molecular formula is C31H50O6. The van der Waals surface area contributed by atoms with Crippen molar-refractivity contribution in [3.63, 3.8) is 0 Å². The zero-order valence-corrected chi connectivity index (χ0v) is 24.0. The molecular weight excluding hydrogens is 468 g/mol. The summed E-state index contributed by atoms with van der Waals surface area (Å²) in [5, 5.41) is 44.3. The van der Waals surface area contributed by atoms with Crippen molar-refractivity contribution in [3.05, 3.63) is 11.6 Å². The summed E-state index contributed by atoms with van der Waals surface area (Å²) >= 11 is 0. The molecule has 6 nitrogen and oxygen atoms in total. The second-order valence-corrected chi connectivity index (χ2v) is 14.8. The highest BCUT2D eigenvalue weighted by molar-refractivity contribution is 5.78. The van der Waals surface area contributed by atoms with Gasteiger partial charge in [-0.2, -0.15) is 0 Å². The van der Waals surface area contributed by atoms with Crippen LogP contribution in [-0.4, -0.2) is 58.4 Å². The van der Waals surface area contributed by atoms with Gasteiger partial charge in [-0.3, -0.25) is 4.79 Å². The Kier molecular flexibility index (Phi) is 6.36. The van der Waals surface area contributed by atoms with Crippen molar-refractivity contribution in [1.29, 1.82) is 0 Å². The summed E-state index contributed by atoms with van der Waals surface area (Å²) in [5.41, 5.74) is -0.959. The molecule has 0 aromatic rings. The number of aliphatic hydroxyl groups excluding tert-OH is 4. The Balaban J connectivity index is 1.65. The first kappa shape index (κ1) is 27.6. The molecule has 0 saturated heterocycles. The van der Waals surface area contributed by atoms with Gasteiger partial charge in [0, 0.05) is 11.3 Å². The SMILES string of the molecule is COC(=O)[C@]12CC[C@@H](C)[C@H](C)[C@H]1C1=CC[C@@H]3[C@@]4(C)C[C@@H](O)[C@H](O)[C@@](C)(CO)[C@@H]4[C@H](O)C[C@@]3(C)[C@]1(C)CC2. The van der Waals surface area contributed by atoms with Crippen LogP contribution in [0.5, 0.6) is 0 Å². The Morgan fingerprint density at radius 2 is 1.70 bits per heavy atom. The summed E-state index contributed by atoms with van der Waals surface area (Å²) < 4.78 is 5.46. The highest BCUT2D eigenvalue weighted by Crippen LogP contribution is 2.75. The van der Waals surface area contributed by atoms with Crippen LogP contribution in [0, 0.1) is 56.7 Å². The van der Waals surface area contributed by atoms with Crippen LogP contribution in [0.2, 0.25) is 0 Å². The van der Waals surface area contributed by atoms with Gasteiger partial charge in [0.1, 0.15) is 0 Å². The highest BCUT2D eigenvalue weighted by Gasteiger charge is 2.72. The van der Waals surface area contributed by atoms with E-state index >= 15 is 0 Å². The summed E-state index contributed by atoms with van der Waals surface area (Å²) in [6.07, 6.45) is 5.11. The average molecular weight is 519 g/mol. The van der Waals surface area contributed by atoms with E-state index in [9.17, 15) is 25.2 Å². The average Bonchev–Trinajstić information content (AvgIpc) is 2.84. The molecule has 13 atom stereocenters. The van der Waals surface area contributed by atoms with Gasteiger partial charge in [0.15, 0.2) is 0 Å². The summed E-state index contributed by atoms with van der Waals surface area (Å²) in [6.45, 7) is 13.1. The van der Waals surface area contributed by atoms with E-state index < -0.39 is 34.6 Å². The minimum atomic E-state index is -1.07. The van der Waals surface area contributed by atoms with Crippen molar-refractivity contribution in [2.24, 2.45) is 56.7 Å². The Labute approximate surface area is 222 Å². The van der Waals surface area contributed by atoms with Crippen molar-refractivity contribution in [1.82, 2.24) is 0 Å². The molecule has 5 rings (SSSR count). The number of rotatable bonds is 2. The van der Waals surface area contributed by atoms with Gasteiger partial charge in [-0.05, 0) is 84.9 Å². The van der Waals surface area contributed by atoms with Crippen molar-refractivity contribution in [2.75, 3.05) is 13.7 Å². The number of fused-ring (bicyclic) bond motifs is 7. The van der Waals surface area contributed by atoms with E-state index in [1.807, 2.05) is 6.92 Å². The molecule has 0 spiro atoms. The third kappa shape index (κ3) is 3.22. The van der Waals surface area contributed by atoms with Gasteiger partial charge in [0.25, 0.3) is 0 Å². The number of aliphatic hydroxyl groups is 4. The zero-order chi connectivity index (χ0) is 27.3. The Hall–Kier alpha value is -0.950. The standard InChI is InChI=1S/C31H50O6/c1-17-10-11-31(26(36)37-7)13-12-29(5)19(23(31)18(17)2)8-9-22-27(3)14-21(34)25(35)28(4,16-32)24(27)20(33)15-30(22,29)6/h8,17-18,20-25,32-35H,9-16H2,1-7H3/t17-,18+,20-,21-,22-,23+,24-,25+,27-,28+,29-,30-,31+/m1/s1. The third-order valence-electron chi connectivity index (χ3n) is 13.6. The van der Waals surface area contributed by atoms with E-state index in [-0.39, 0.29) is 41.2 Å². The van der Waals surface area contributed by atoms with Crippen LogP contribution in [0.3, 0.4) is 0 Å². The molecule has 0 heterocycles. The number of allylic oxidation sites excluding steroid dienone is 2. The molecule has 5 aliphatic carbocycles. The molecule has 0 aromatic heterocycles. The van der Waals surface area contributed by atoms with Crippen molar-refractivity contribution >= 4 is 5.97 Å². The largest absolute Gasteiger partial charge is 0.469 e. The summed E-state index contributed by atoms with van der Waals surface area (Å²) in [6, 6.07) is 0. The Morgan fingerprint density at radius 3 is 2.32 bits per heavy atom. The summed E-state index contributed by atoms with van der Waals surface area (Å²) in [4.78, 5) is 13.4. The van der Waals surface area contributed by atoms with Gasteiger partial charge < -0.3 is 25.2 Å². The fourth-order valence-corrected chi connectivity index (χ4v) is 11.4. The fourth-order valence-electron chi connectivity index (χ4n) is 11.4. The quantitative estimate of drug-likeness (QED) is 0.324. The lowest BCUT2D eigenvalue weighted by Gasteiger charge is -2.72. The van der Waals surface area contributed by atoms with Crippen LogP contribution in [0.25, 0.3) is 0 Å². The molecule has 5 aliphatic rings. The second kappa shape index (κ2) is 8.52. The van der Waals surface area contributed by atoms with Crippen molar-refractivity contribution in [2.45, 2.75) is 105 Å². The molecule has 0 aromatic carbocycles. The number of methoxy groups -OCH3 is 1. The van der Waals surface area contributed by atoms with Gasteiger partial charge >= 0.3 is 5.97 Å².